The summed E-state index contributed by atoms with van der Waals surface area (Å²) >= 11 is 3.29. The van der Waals surface area contributed by atoms with Gasteiger partial charge < -0.3 is 4.90 Å². The van der Waals surface area contributed by atoms with Crippen LogP contribution in [-0.4, -0.2) is 51.7 Å². The van der Waals surface area contributed by atoms with E-state index in [9.17, 15) is 18.0 Å². The summed E-state index contributed by atoms with van der Waals surface area (Å²) in [4.78, 5) is 16.1. The van der Waals surface area contributed by atoms with Crippen LogP contribution in [0.2, 0.25) is 0 Å². The number of alkyl halides is 3. The minimum atomic E-state index is -4.33. The lowest BCUT2D eigenvalue weighted by molar-refractivity contribution is -0.137. The van der Waals surface area contributed by atoms with Crippen molar-refractivity contribution >= 4 is 21.8 Å². The van der Waals surface area contributed by atoms with Crippen LogP contribution in [0.1, 0.15) is 11.1 Å². The Labute approximate surface area is 157 Å². The molecule has 1 saturated heterocycles. The number of rotatable bonds is 4. The first-order valence-electron chi connectivity index (χ1n) is 8.15. The van der Waals surface area contributed by atoms with Gasteiger partial charge >= 0.3 is 6.18 Å². The average molecular weight is 431 g/mol. The van der Waals surface area contributed by atoms with E-state index in [2.05, 4.69) is 25.9 Å². The number of nitrogens with zero attached hydrogens (tertiary/aromatic N) is 4. The van der Waals surface area contributed by atoms with E-state index in [0.29, 0.717) is 38.3 Å². The summed E-state index contributed by atoms with van der Waals surface area (Å²) in [6.07, 6.45) is -0.968. The number of halogens is 4. The maximum absolute atomic E-state index is 12.8. The van der Waals surface area contributed by atoms with Gasteiger partial charge in [0.15, 0.2) is 0 Å². The van der Waals surface area contributed by atoms with Gasteiger partial charge in [0.25, 0.3) is 0 Å². The molecule has 1 aromatic carbocycles. The lowest BCUT2D eigenvalue weighted by Crippen LogP contribution is -2.49. The van der Waals surface area contributed by atoms with Crippen LogP contribution >= 0.6 is 15.9 Å². The average Bonchev–Trinajstić information content (AvgIpc) is 3.00. The van der Waals surface area contributed by atoms with Crippen LogP contribution in [0.25, 0.3) is 0 Å². The third-order valence-corrected chi connectivity index (χ3v) is 4.69. The molecule has 5 nitrogen and oxygen atoms in total. The number of amides is 1. The highest BCUT2D eigenvalue weighted by molar-refractivity contribution is 9.10. The number of piperazine rings is 1. The Morgan fingerprint density at radius 2 is 1.92 bits per heavy atom. The fourth-order valence-electron chi connectivity index (χ4n) is 2.92. The maximum Gasteiger partial charge on any atom is 0.416 e. The van der Waals surface area contributed by atoms with Gasteiger partial charge in [-0.25, -0.2) is 0 Å². The summed E-state index contributed by atoms with van der Waals surface area (Å²) in [6.45, 7) is 2.99. The van der Waals surface area contributed by atoms with Crippen LogP contribution in [-0.2, 0) is 24.1 Å². The monoisotopic (exact) mass is 430 g/mol. The van der Waals surface area contributed by atoms with Gasteiger partial charge in [-0.05, 0) is 27.6 Å². The van der Waals surface area contributed by atoms with Crippen LogP contribution in [0.4, 0.5) is 13.2 Å². The second-order valence-corrected chi connectivity index (χ2v) is 7.13. The lowest BCUT2D eigenvalue weighted by atomic mass is 10.1. The van der Waals surface area contributed by atoms with E-state index in [1.165, 1.54) is 12.1 Å². The van der Waals surface area contributed by atoms with Crippen LogP contribution in [0.15, 0.2) is 41.1 Å². The van der Waals surface area contributed by atoms with E-state index in [-0.39, 0.29) is 12.5 Å². The second-order valence-electron chi connectivity index (χ2n) is 6.21. The molecule has 9 heteroatoms. The Morgan fingerprint density at radius 3 is 2.54 bits per heavy atom. The Morgan fingerprint density at radius 1 is 1.19 bits per heavy atom. The van der Waals surface area contributed by atoms with Crippen molar-refractivity contribution in [2.45, 2.75) is 19.3 Å². The maximum atomic E-state index is 12.8. The number of hydrogen-bond donors (Lipinski definition) is 0. The smallest absolute Gasteiger partial charge is 0.339 e. The lowest BCUT2D eigenvalue weighted by Gasteiger charge is -2.34. The highest BCUT2D eigenvalue weighted by Gasteiger charge is 2.30. The first-order chi connectivity index (χ1) is 12.3. The third kappa shape index (κ3) is 4.85. The zero-order valence-corrected chi connectivity index (χ0v) is 15.5. The van der Waals surface area contributed by atoms with E-state index >= 15 is 0 Å². The molecule has 1 fully saturated rings. The minimum Gasteiger partial charge on any atom is -0.339 e. The minimum absolute atomic E-state index is 0.0145. The van der Waals surface area contributed by atoms with Crippen molar-refractivity contribution in [2.75, 3.05) is 26.2 Å². The summed E-state index contributed by atoms with van der Waals surface area (Å²) in [5.74, 6) is -0.0145. The van der Waals surface area contributed by atoms with Gasteiger partial charge in [0.1, 0.15) is 6.54 Å². The molecule has 0 aliphatic carbocycles. The van der Waals surface area contributed by atoms with E-state index in [1.54, 1.807) is 28.0 Å². The molecule has 0 spiro atoms. The molecule has 0 saturated carbocycles. The molecule has 0 bridgehead atoms. The Hall–Kier alpha value is -1.87. The third-order valence-electron chi connectivity index (χ3n) is 4.28. The predicted molar refractivity (Wildman–Crippen MR) is 93.2 cm³/mol. The topological polar surface area (TPSA) is 41.4 Å². The molecule has 0 atom stereocenters. The van der Waals surface area contributed by atoms with Gasteiger partial charge in [0, 0.05) is 38.9 Å². The summed E-state index contributed by atoms with van der Waals surface area (Å²) in [7, 11) is 0. The van der Waals surface area contributed by atoms with Crippen LogP contribution in [0.3, 0.4) is 0 Å². The standard InChI is InChI=1S/C17H18BrF3N4O/c18-15-9-22-25(11-15)12-16(26)24-6-4-23(5-7-24)10-13-2-1-3-14(8-13)17(19,20)21/h1-3,8-9,11H,4-7,10,12H2. The van der Waals surface area contributed by atoms with E-state index in [0.717, 1.165) is 10.5 Å². The SMILES string of the molecule is O=C(Cn1cc(Br)cn1)N1CCN(Cc2cccc(C(F)(F)F)c2)CC1. The van der Waals surface area contributed by atoms with E-state index < -0.39 is 11.7 Å². The largest absolute Gasteiger partial charge is 0.416 e. The van der Waals surface area contributed by atoms with Crippen molar-refractivity contribution in [2.24, 2.45) is 0 Å². The van der Waals surface area contributed by atoms with E-state index in [4.69, 9.17) is 0 Å². The van der Waals surface area contributed by atoms with Crippen LogP contribution in [0.5, 0.6) is 0 Å². The van der Waals surface area contributed by atoms with E-state index in [1.807, 2.05) is 0 Å². The molecule has 0 unspecified atom stereocenters. The van der Waals surface area contributed by atoms with Crippen molar-refractivity contribution < 1.29 is 18.0 Å². The molecular weight excluding hydrogens is 413 g/mol. The fraction of sp³-hybridized carbons (Fsp3) is 0.412. The zero-order valence-electron chi connectivity index (χ0n) is 13.9. The van der Waals surface area contributed by atoms with Gasteiger partial charge in [-0.1, -0.05) is 18.2 Å². The highest BCUT2D eigenvalue weighted by atomic mass is 79.9. The zero-order chi connectivity index (χ0) is 18.7. The Kier molecular flexibility index (Phi) is 5.67. The van der Waals surface area contributed by atoms with Gasteiger partial charge in [0.05, 0.1) is 16.2 Å². The first-order valence-corrected chi connectivity index (χ1v) is 8.95. The predicted octanol–water partition coefficient (Wildman–Crippen LogP) is 3.01. The molecule has 1 amide bonds. The second kappa shape index (κ2) is 7.79. The number of carbonyl (C=O) groups is 1. The van der Waals surface area contributed by atoms with Gasteiger partial charge in [-0.2, -0.15) is 18.3 Å². The highest BCUT2D eigenvalue weighted by Crippen LogP contribution is 2.29. The van der Waals surface area contributed by atoms with Gasteiger partial charge in [0.2, 0.25) is 5.91 Å². The quantitative estimate of drug-likeness (QED) is 0.748. The molecule has 1 aliphatic rings. The molecule has 140 valence electrons. The van der Waals surface area contributed by atoms with Crippen molar-refractivity contribution in [1.82, 2.24) is 19.6 Å². The molecular formula is C17H18BrF3N4O. The summed E-state index contributed by atoms with van der Waals surface area (Å²) in [6, 6.07) is 5.39. The molecule has 0 N–H and O–H groups in total. The van der Waals surface area contributed by atoms with Crippen molar-refractivity contribution in [3.8, 4) is 0 Å². The summed E-state index contributed by atoms with van der Waals surface area (Å²) in [5, 5.41) is 4.07. The molecule has 1 aromatic heterocycles. The van der Waals surface area contributed by atoms with Gasteiger partial charge in [-0.15, -0.1) is 0 Å². The van der Waals surface area contributed by atoms with Crippen LogP contribution in [0, 0.1) is 0 Å². The fourth-order valence-corrected chi connectivity index (χ4v) is 3.25. The molecule has 26 heavy (non-hydrogen) atoms. The van der Waals surface area contributed by atoms with Crippen LogP contribution < -0.4 is 0 Å². The molecule has 2 aromatic rings. The normalized spacial score (nSPS) is 16.1. The Balaban J connectivity index is 1.51. The summed E-state index contributed by atoms with van der Waals surface area (Å²) < 4.78 is 40.8. The van der Waals surface area contributed by atoms with Crippen molar-refractivity contribution in [1.29, 1.82) is 0 Å². The number of hydrogen-bond acceptors (Lipinski definition) is 3. The molecule has 1 aliphatic heterocycles. The molecule has 2 heterocycles. The number of aromatic nitrogens is 2. The van der Waals surface area contributed by atoms with Crippen molar-refractivity contribution in [3.05, 3.63) is 52.3 Å². The summed E-state index contributed by atoms with van der Waals surface area (Å²) in [5.41, 5.74) is -0.00445. The number of benzene rings is 1. The van der Waals surface area contributed by atoms with Crippen molar-refractivity contribution in [3.63, 3.8) is 0 Å². The first kappa shape index (κ1) is 18.9. The molecule has 0 radical (unpaired) electrons. The Bertz CT molecular complexity index is 769. The number of carbonyl (C=O) groups excluding carboxylic acids is 1. The van der Waals surface area contributed by atoms with Gasteiger partial charge in [-0.3, -0.25) is 14.4 Å². The molecule has 3 rings (SSSR count).